The van der Waals surface area contributed by atoms with Crippen LogP contribution in [0, 0.1) is 0 Å². The first-order chi connectivity index (χ1) is 8.72. The van der Waals surface area contributed by atoms with Gasteiger partial charge in [0.15, 0.2) is 0 Å². The minimum Gasteiger partial charge on any atom is -0.392 e. The highest BCUT2D eigenvalue weighted by Crippen LogP contribution is 2.35. The summed E-state index contributed by atoms with van der Waals surface area (Å²) in [6, 6.07) is 9.60. The Balaban J connectivity index is 2.38. The van der Waals surface area contributed by atoms with E-state index in [1.807, 2.05) is 30.3 Å². The van der Waals surface area contributed by atoms with Gasteiger partial charge >= 0.3 is 0 Å². The number of hydrogen-bond acceptors (Lipinski definition) is 3. The number of aliphatic hydroxyl groups is 3. The van der Waals surface area contributed by atoms with Crippen LogP contribution in [0.4, 0.5) is 0 Å². The molecule has 0 bridgehead atoms. The van der Waals surface area contributed by atoms with Gasteiger partial charge in [-0.2, -0.15) is 0 Å². The van der Waals surface area contributed by atoms with Gasteiger partial charge in [0, 0.05) is 0 Å². The Morgan fingerprint density at radius 1 is 1.11 bits per heavy atom. The Kier molecular flexibility index (Phi) is 2.67. The Bertz CT molecular complexity index is 631. The zero-order valence-corrected chi connectivity index (χ0v) is 9.74. The van der Waals surface area contributed by atoms with Crippen molar-refractivity contribution in [2.45, 2.75) is 18.8 Å². The lowest BCUT2D eigenvalue weighted by Gasteiger charge is -2.24. The van der Waals surface area contributed by atoms with Gasteiger partial charge in [-0.15, -0.1) is 0 Å². The second-order valence-corrected chi connectivity index (χ2v) is 4.53. The van der Waals surface area contributed by atoms with Crippen LogP contribution in [-0.4, -0.2) is 21.4 Å². The van der Waals surface area contributed by atoms with Crippen LogP contribution in [0.15, 0.2) is 36.4 Å². The average molecular weight is 242 g/mol. The molecule has 3 N–H and O–H groups in total. The lowest BCUT2D eigenvalue weighted by Crippen LogP contribution is -2.20. The normalized spacial score (nSPS) is 22.2. The van der Waals surface area contributed by atoms with Crippen molar-refractivity contribution in [2.24, 2.45) is 0 Å². The molecule has 3 nitrogen and oxygen atoms in total. The van der Waals surface area contributed by atoms with E-state index in [9.17, 15) is 15.3 Å². The molecule has 18 heavy (non-hydrogen) atoms. The molecular weight excluding hydrogens is 228 g/mol. The molecule has 3 heteroatoms. The van der Waals surface area contributed by atoms with Gasteiger partial charge in [-0.1, -0.05) is 36.4 Å². The van der Waals surface area contributed by atoms with Crippen molar-refractivity contribution in [3.63, 3.8) is 0 Å². The van der Waals surface area contributed by atoms with Gasteiger partial charge in [-0.25, -0.2) is 0 Å². The minimum absolute atomic E-state index is 0.0865. The fourth-order valence-electron chi connectivity index (χ4n) is 2.56. The molecule has 0 fully saturated rings. The Labute approximate surface area is 105 Å². The van der Waals surface area contributed by atoms with Crippen molar-refractivity contribution >= 4 is 16.8 Å². The van der Waals surface area contributed by atoms with Gasteiger partial charge in [0.05, 0.1) is 6.61 Å². The molecule has 1 aliphatic carbocycles. The summed E-state index contributed by atoms with van der Waals surface area (Å²) in [5.74, 6) is 0. The van der Waals surface area contributed by atoms with Gasteiger partial charge in [0.2, 0.25) is 0 Å². The molecule has 2 aromatic rings. The summed E-state index contributed by atoms with van der Waals surface area (Å²) in [6.07, 6.45) is 1.51. The van der Waals surface area contributed by atoms with Crippen LogP contribution in [0.25, 0.3) is 16.8 Å². The third-order valence-corrected chi connectivity index (χ3v) is 3.49. The molecule has 2 atom stereocenters. The molecule has 3 rings (SSSR count). The number of benzene rings is 2. The van der Waals surface area contributed by atoms with E-state index in [0.717, 1.165) is 21.9 Å². The third-order valence-electron chi connectivity index (χ3n) is 3.49. The van der Waals surface area contributed by atoms with E-state index in [0.29, 0.717) is 5.56 Å². The molecule has 2 aromatic carbocycles. The molecule has 0 spiro atoms. The summed E-state index contributed by atoms with van der Waals surface area (Å²) in [7, 11) is 0. The van der Waals surface area contributed by atoms with Crippen LogP contribution < -0.4 is 0 Å². The quantitative estimate of drug-likeness (QED) is 0.714. The highest BCUT2D eigenvalue weighted by Gasteiger charge is 2.24. The molecule has 1 aliphatic rings. The molecule has 0 saturated carbocycles. The molecule has 0 heterocycles. The average Bonchev–Trinajstić information content (AvgIpc) is 2.41. The molecule has 0 saturated heterocycles. The lowest BCUT2D eigenvalue weighted by molar-refractivity contribution is 0.0469. The van der Waals surface area contributed by atoms with Crippen LogP contribution >= 0.6 is 0 Å². The first-order valence-corrected chi connectivity index (χ1v) is 5.92. The summed E-state index contributed by atoms with van der Waals surface area (Å²) in [5.41, 5.74) is 2.28. The van der Waals surface area contributed by atoms with Gasteiger partial charge in [0.1, 0.15) is 12.2 Å². The minimum atomic E-state index is -0.931. The molecule has 0 aromatic heterocycles. The molecular formula is C15H14O3. The third kappa shape index (κ3) is 1.56. The Morgan fingerprint density at radius 3 is 2.67 bits per heavy atom. The second kappa shape index (κ2) is 4.21. The Morgan fingerprint density at radius 2 is 1.89 bits per heavy atom. The fraction of sp³-hybridized carbons (Fsp3) is 0.200. The maximum Gasteiger partial charge on any atom is 0.109 e. The standard InChI is InChI=1S/C15H14O3/c16-8-13-10-4-2-1-3-9(10)7-12-11(13)5-6-14(17)15(12)18/h1-7,14-18H,8H2. The van der Waals surface area contributed by atoms with Crippen LogP contribution in [0.2, 0.25) is 0 Å². The molecule has 2 unspecified atom stereocenters. The first kappa shape index (κ1) is 11.4. The zero-order chi connectivity index (χ0) is 12.7. The number of hydrogen-bond donors (Lipinski definition) is 3. The molecule has 0 amide bonds. The summed E-state index contributed by atoms with van der Waals surface area (Å²) < 4.78 is 0. The summed E-state index contributed by atoms with van der Waals surface area (Å²) in [4.78, 5) is 0. The van der Waals surface area contributed by atoms with Gasteiger partial charge < -0.3 is 15.3 Å². The SMILES string of the molecule is OCc1c2c(cc3ccccc13)C(O)C(O)C=C2. The van der Waals surface area contributed by atoms with Crippen LogP contribution in [0.3, 0.4) is 0 Å². The van der Waals surface area contributed by atoms with E-state index in [-0.39, 0.29) is 6.61 Å². The lowest BCUT2D eigenvalue weighted by atomic mass is 9.86. The highest BCUT2D eigenvalue weighted by atomic mass is 16.3. The van der Waals surface area contributed by atoms with Crippen LogP contribution in [0.1, 0.15) is 22.8 Å². The van der Waals surface area contributed by atoms with E-state index < -0.39 is 12.2 Å². The van der Waals surface area contributed by atoms with Crippen molar-refractivity contribution in [2.75, 3.05) is 0 Å². The zero-order valence-electron chi connectivity index (χ0n) is 9.74. The summed E-state index contributed by atoms with van der Waals surface area (Å²) in [5, 5.41) is 31.2. The highest BCUT2D eigenvalue weighted by molar-refractivity contribution is 5.90. The van der Waals surface area contributed by atoms with E-state index in [1.165, 1.54) is 0 Å². The van der Waals surface area contributed by atoms with Crippen LogP contribution in [-0.2, 0) is 6.61 Å². The van der Waals surface area contributed by atoms with Crippen molar-refractivity contribution in [1.29, 1.82) is 0 Å². The van der Waals surface area contributed by atoms with E-state index in [2.05, 4.69) is 0 Å². The first-order valence-electron chi connectivity index (χ1n) is 5.92. The van der Waals surface area contributed by atoms with Crippen molar-refractivity contribution in [3.8, 4) is 0 Å². The summed E-state index contributed by atoms with van der Waals surface area (Å²) in [6.45, 7) is -0.0865. The predicted octanol–water partition coefficient (Wildman–Crippen LogP) is 1.75. The fourth-order valence-corrected chi connectivity index (χ4v) is 2.56. The molecule has 92 valence electrons. The van der Waals surface area contributed by atoms with Crippen molar-refractivity contribution < 1.29 is 15.3 Å². The molecule has 0 aliphatic heterocycles. The summed E-state index contributed by atoms with van der Waals surface area (Å²) >= 11 is 0. The number of fused-ring (bicyclic) bond motifs is 2. The molecule has 0 radical (unpaired) electrons. The van der Waals surface area contributed by atoms with Gasteiger partial charge in [-0.05, 0) is 33.5 Å². The van der Waals surface area contributed by atoms with Crippen molar-refractivity contribution in [1.82, 2.24) is 0 Å². The van der Waals surface area contributed by atoms with E-state index in [4.69, 9.17) is 0 Å². The van der Waals surface area contributed by atoms with Crippen LogP contribution in [0.5, 0.6) is 0 Å². The van der Waals surface area contributed by atoms with E-state index >= 15 is 0 Å². The second-order valence-electron chi connectivity index (χ2n) is 4.53. The monoisotopic (exact) mass is 242 g/mol. The largest absolute Gasteiger partial charge is 0.392 e. The number of aliphatic hydroxyl groups excluding tert-OH is 3. The maximum atomic E-state index is 10.0. The van der Waals surface area contributed by atoms with E-state index in [1.54, 1.807) is 12.2 Å². The van der Waals surface area contributed by atoms with Gasteiger partial charge in [-0.3, -0.25) is 0 Å². The number of rotatable bonds is 1. The Hall–Kier alpha value is -1.68. The maximum absolute atomic E-state index is 10.0. The topological polar surface area (TPSA) is 60.7 Å². The predicted molar refractivity (Wildman–Crippen MR) is 69.9 cm³/mol. The van der Waals surface area contributed by atoms with Gasteiger partial charge in [0.25, 0.3) is 0 Å². The smallest absolute Gasteiger partial charge is 0.109 e. The van der Waals surface area contributed by atoms with Crippen molar-refractivity contribution in [3.05, 3.63) is 53.1 Å².